The molecule has 2 rings (SSSR count). The number of methoxy groups -OCH3 is 1. The number of nitrogens with one attached hydrogen (secondary N) is 1. The maximum atomic E-state index is 14.0. The van der Waals surface area contributed by atoms with Gasteiger partial charge in [0.15, 0.2) is 0 Å². The second kappa shape index (κ2) is 6.33. The summed E-state index contributed by atoms with van der Waals surface area (Å²) in [5.41, 5.74) is 0.631. The molecule has 0 radical (unpaired) electrons. The van der Waals surface area contributed by atoms with Crippen LogP contribution in [0.3, 0.4) is 0 Å². The van der Waals surface area contributed by atoms with Gasteiger partial charge in [-0.05, 0) is 25.5 Å². The summed E-state index contributed by atoms with van der Waals surface area (Å²) >= 11 is 1.31. The summed E-state index contributed by atoms with van der Waals surface area (Å²) in [6.45, 7) is 4.18. The molecular weight excluding hydrogens is 277 g/mol. The zero-order chi connectivity index (χ0) is 14.7. The average molecular weight is 295 g/mol. The van der Waals surface area contributed by atoms with Crippen molar-refractivity contribution in [1.29, 1.82) is 0 Å². The first-order valence-electron chi connectivity index (χ1n) is 6.58. The highest BCUT2D eigenvalue weighted by Gasteiger charge is 2.21. The molecule has 0 saturated carbocycles. The second-order valence-corrected chi connectivity index (χ2v) is 5.79. The zero-order valence-electron chi connectivity index (χ0n) is 11.8. The van der Waals surface area contributed by atoms with E-state index in [0.717, 1.165) is 11.1 Å². The lowest BCUT2D eigenvalue weighted by molar-refractivity contribution is 0.0939. The third-order valence-electron chi connectivity index (χ3n) is 3.25. The van der Waals surface area contributed by atoms with Crippen molar-refractivity contribution in [2.24, 2.45) is 0 Å². The lowest BCUT2D eigenvalue weighted by Crippen LogP contribution is -2.31. The molecule has 1 aromatic carbocycles. The minimum absolute atomic E-state index is 0.0907. The first-order chi connectivity index (χ1) is 9.58. The fourth-order valence-electron chi connectivity index (χ4n) is 2.02. The van der Waals surface area contributed by atoms with Crippen molar-refractivity contribution in [2.75, 3.05) is 7.11 Å². The van der Waals surface area contributed by atoms with Crippen LogP contribution < -0.4 is 5.32 Å². The molecular formula is C15H18FNO2S. The molecule has 0 bridgehead atoms. The number of ether oxygens (including phenoxy) is 1. The Hall–Kier alpha value is -1.46. The molecule has 1 atom stereocenters. The Bertz CT molecular complexity index is 624. The van der Waals surface area contributed by atoms with E-state index in [0.29, 0.717) is 15.8 Å². The largest absolute Gasteiger partial charge is 0.380 e. The molecule has 108 valence electrons. The fourth-order valence-corrected chi connectivity index (χ4v) is 3.15. The molecule has 0 aliphatic heterocycles. The van der Waals surface area contributed by atoms with E-state index in [1.165, 1.54) is 17.4 Å². The third kappa shape index (κ3) is 2.83. The molecule has 0 aliphatic carbocycles. The van der Waals surface area contributed by atoms with Crippen molar-refractivity contribution in [3.05, 3.63) is 34.5 Å². The Morgan fingerprint density at radius 2 is 2.25 bits per heavy atom. The van der Waals surface area contributed by atoms with Crippen molar-refractivity contribution in [2.45, 2.75) is 32.9 Å². The SMILES string of the molecule is CCC(C)NC(=O)c1sc2cccc(F)c2c1COC. The summed E-state index contributed by atoms with van der Waals surface area (Å²) in [5.74, 6) is -0.472. The molecule has 1 aromatic heterocycles. The number of carbonyl (C=O) groups is 1. The van der Waals surface area contributed by atoms with Crippen LogP contribution in [0.25, 0.3) is 10.1 Å². The molecule has 1 amide bonds. The molecule has 1 N–H and O–H groups in total. The van der Waals surface area contributed by atoms with Gasteiger partial charge in [-0.3, -0.25) is 4.79 Å². The van der Waals surface area contributed by atoms with Gasteiger partial charge in [0.05, 0.1) is 11.5 Å². The van der Waals surface area contributed by atoms with Crippen LogP contribution in [0.5, 0.6) is 0 Å². The van der Waals surface area contributed by atoms with Gasteiger partial charge in [0.1, 0.15) is 5.82 Å². The van der Waals surface area contributed by atoms with Crippen molar-refractivity contribution in [1.82, 2.24) is 5.32 Å². The maximum absolute atomic E-state index is 14.0. The molecule has 0 fully saturated rings. The van der Waals surface area contributed by atoms with Gasteiger partial charge in [0.25, 0.3) is 5.91 Å². The Morgan fingerprint density at radius 1 is 1.50 bits per heavy atom. The van der Waals surface area contributed by atoms with Gasteiger partial charge in [-0.2, -0.15) is 0 Å². The van der Waals surface area contributed by atoms with Crippen molar-refractivity contribution < 1.29 is 13.9 Å². The van der Waals surface area contributed by atoms with E-state index >= 15 is 0 Å². The lowest BCUT2D eigenvalue weighted by Gasteiger charge is -2.11. The van der Waals surface area contributed by atoms with E-state index < -0.39 is 0 Å². The highest BCUT2D eigenvalue weighted by molar-refractivity contribution is 7.21. The predicted molar refractivity (Wildman–Crippen MR) is 79.7 cm³/mol. The quantitative estimate of drug-likeness (QED) is 0.913. The molecule has 3 nitrogen and oxygen atoms in total. The normalized spacial score (nSPS) is 12.6. The molecule has 0 spiro atoms. The van der Waals surface area contributed by atoms with Crippen LogP contribution in [0.4, 0.5) is 4.39 Å². The van der Waals surface area contributed by atoms with E-state index in [9.17, 15) is 9.18 Å². The molecule has 20 heavy (non-hydrogen) atoms. The van der Waals surface area contributed by atoms with E-state index in [4.69, 9.17) is 4.74 Å². The number of fused-ring (bicyclic) bond motifs is 1. The third-order valence-corrected chi connectivity index (χ3v) is 4.44. The fraction of sp³-hybridized carbons (Fsp3) is 0.400. The smallest absolute Gasteiger partial charge is 0.261 e. The second-order valence-electron chi connectivity index (χ2n) is 4.74. The van der Waals surface area contributed by atoms with Crippen LogP contribution >= 0.6 is 11.3 Å². The summed E-state index contributed by atoms with van der Waals surface area (Å²) in [7, 11) is 1.54. The van der Waals surface area contributed by atoms with Crippen molar-refractivity contribution in [3.8, 4) is 0 Å². The van der Waals surface area contributed by atoms with E-state index in [1.54, 1.807) is 13.2 Å². The van der Waals surface area contributed by atoms with Crippen LogP contribution in [0.15, 0.2) is 18.2 Å². The Balaban J connectivity index is 2.49. The Labute approximate surface area is 121 Å². The van der Waals surface area contributed by atoms with Gasteiger partial charge in [-0.25, -0.2) is 4.39 Å². The first-order valence-corrected chi connectivity index (χ1v) is 7.39. The Kier molecular flexibility index (Phi) is 4.73. The molecule has 1 heterocycles. The molecule has 1 unspecified atom stereocenters. The van der Waals surface area contributed by atoms with E-state index in [1.807, 2.05) is 19.9 Å². The lowest BCUT2D eigenvalue weighted by atomic mass is 10.1. The van der Waals surface area contributed by atoms with Gasteiger partial charge in [0.2, 0.25) is 0 Å². The standard InChI is InChI=1S/C15H18FNO2S/c1-4-9(2)17-15(18)14-10(8-19-3)13-11(16)6-5-7-12(13)20-14/h5-7,9H,4,8H2,1-3H3,(H,17,18). The van der Waals surface area contributed by atoms with E-state index in [-0.39, 0.29) is 24.4 Å². The number of hydrogen-bond donors (Lipinski definition) is 1. The van der Waals surface area contributed by atoms with E-state index in [2.05, 4.69) is 5.32 Å². The Morgan fingerprint density at radius 3 is 2.90 bits per heavy atom. The minimum Gasteiger partial charge on any atom is -0.380 e. The summed E-state index contributed by atoms with van der Waals surface area (Å²) in [6, 6.07) is 4.97. The molecule has 2 aromatic rings. The number of hydrogen-bond acceptors (Lipinski definition) is 3. The van der Waals surface area contributed by atoms with Gasteiger partial charge >= 0.3 is 0 Å². The van der Waals surface area contributed by atoms with Crippen LogP contribution in [-0.2, 0) is 11.3 Å². The number of carbonyl (C=O) groups excluding carboxylic acids is 1. The minimum atomic E-state index is -0.312. The summed E-state index contributed by atoms with van der Waals surface area (Å²) in [4.78, 5) is 12.8. The summed E-state index contributed by atoms with van der Waals surface area (Å²) in [6.07, 6.45) is 0.852. The van der Waals surface area contributed by atoms with Crippen molar-refractivity contribution >= 4 is 27.3 Å². The predicted octanol–water partition coefficient (Wildman–Crippen LogP) is 3.72. The molecule has 0 saturated heterocycles. The highest BCUT2D eigenvalue weighted by Crippen LogP contribution is 2.33. The summed E-state index contributed by atoms with van der Waals surface area (Å²) in [5, 5.41) is 3.41. The molecule has 5 heteroatoms. The van der Waals surface area contributed by atoms with Crippen molar-refractivity contribution in [3.63, 3.8) is 0 Å². The van der Waals surface area contributed by atoms with Crippen LogP contribution in [0.1, 0.15) is 35.5 Å². The van der Waals surface area contributed by atoms with Crippen LogP contribution in [-0.4, -0.2) is 19.1 Å². The monoisotopic (exact) mass is 295 g/mol. The summed E-state index contributed by atoms with van der Waals surface area (Å²) < 4.78 is 19.9. The topological polar surface area (TPSA) is 38.3 Å². The highest BCUT2D eigenvalue weighted by atomic mass is 32.1. The van der Waals surface area contributed by atoms with Gasteiger partial charge in [0, 0.05) is 28.8 Å². The van der Waals surface area contributed by atoms with Crippen LogP contribution in [0, 0.1) is 5.82 Å². The van der Waals surface area contributed by atoms with Gasteiger partial charge in [-0.1, -0.05) is 13.0 Å². The number of halogens is 1. The van der Waals surface area contributed by atoms with Gasteiger partial charge in [-0.15, -0.1) is 11.3 Å². The number of rotatable bonds is 5. The van der Waals surface area contributed by atoms with Gasteiger partial charge < -0.3 is 10.1 Å². The number of amides is 1. The first kappa shape index (κ1) is 14.9. The zero-order valence-corrected chi connectivity index (χ0v) is 12.6. The molecule has 0 aliphatic rings. The average Bonchev–Trinajstić information content (AvgIpc) is 2.79. The maximum Gasteiger partial charge on any atom is 0.261 e. The van der Waals surface area contributed by atoms with Crippen LogP contribution in [0.2, 0.25) is 0 Å². The number of thiophene rings is 1. The number of benzene rings is 1.